The van der Waals surface area contributed by atoms with Crippen molar-refractivity contribution >= 4 is 33.9 Å². The molecule has 0 radical (unpaired) electrons. The maximum atomic E-state index is 9.09. The molecule has 1 saturated carbocycles. The third-order valence-corrected chi connectivity index (χ3v) is 6.30. The van der Waals surface area contributed by atoms with E-state index >= 15 is 0 Å². The molecule has 0 aromatic carbocycles. The minimum atomic E-state index is -0.833. The molecule has 3 atom stereocenters. The van der Waals surface area contributed by atoms with Gasteiger partial charge in [-0.1, -0.05) is 0 Å². The second-order valence-electron chi connectivity index (χ2n) is 5.87. The number of unbranched alkanes of at least 4 members (excludes halogenated alkanes) is 1. The zero-order valence-corrected chi connectivity index (χ0v) is 13.9. The Morgan fingerprint density at radius 3 is 2.12 bits per heavy atom. The Balaban J connectivity index is 0.000000557. The van der Waals surface area contributed by atoms with E-state index in [1.54, 1.807) is 0 Å². The van der Waals surface area contributed by atoms with Crippen LogP contribution in [0.2, 0.25) is 3.17 Å². The van der Waals surface area contributed by atoms with Crippen LogP contribution in [0, 0.1) is 11.3 Å². The van der Waals surface area contributed by atoms with Crippen LogP contribution in [0.15, 0.2) is 0 Å². The van der Waals surface area contributed by atoms with Gasteiger partial charge in [0.1, 0.15) is 0 Å². The number of aliphatic hydroxyl groups excluding tert-OH is 1. The molecule has 2 N–H and O–H groups in total. The normalized spacial score (nSPS) is 26.8. The van der Waals surface area contributed by atoms with E-state index in [0.717, 1.165) is 22.4 Å². The van der Waals surface area contributed by atoms with Gasteiger partial charge in [0, 0.05) is 6.92 Å². The van der Waals surface area contributed by atoms with Gasteiger partial charge < -0.3 is 5.11 Å². The molecule has 17 heavy (non-hydrogen) atoms. The van der Waals surface area contributed by atoms with E-state index in [4.69, 9.17) is 15.0 Å². The summed E-state index contributed by atoms with van der Waals surface area (Å²) in [6, 6.07) is 0. The van der Waals surface area contributed by atoms with Crippen molar-refractivity contribution in [2.75, 3.05) is 0 Å². The van der Waals surface area contributed by atoms with Gasteiger partial charge >= 0.3 is 100 Å². The first kappa shape index (κ1) is 17.4. The Morgan fingerprint density at radius 1 is 1.41 bits per heavy atom. The average molecular weight is 252 g/mol. The Labute approximate surface area is 122 Å². The monoisotopic (exact) mass is 252 g/mol. The predicted octanol–water partition coefficient (Wildman–Crippen LogP) is 2.63. The zero-order valence-electron chi connectivity index (χ0n) is 11.9. The van der Waals surface area contributed by atoms with Crippen LogP contribution in [0.3, 0.4) is 0 Å². The van der Waals surface area contributed by atoms with E-state index in [0.29, 0.717) is 5.41 Å². The van der Waals surface area contributed by atoms with Crippen LogP contribution in [-0.2, 0) is 4.79 Å². The quantitative estimate of drug-likeness (QED) is 0.584. The van der Waals surface area contributed by atoms with E-state index in [2.05, 4.69) is 13.8 Å². The molecule has 0 aromatic rings. The van der Waals surface area contributed by atoms with Gasteiger partial charge in [-0.3, -0.25) is 4.79 Å². The Hall–Kier alpha value is 0.430. The summed E-state index contributed by atoms with van der Waals surface area (Å²) in [5.41, 5.74) is 0.664. The molecule has 0 amide bonds. The number of hydrogen-bond acceptors (Lipinski definition) is 2. The predicted molar refractivity (Wildman–Crippen MR) is 70.2 cm³/mol. The zero-order chi connectivity index (χ0) is 13.6. The number of rotatable bonds is 5. The minimum absolute atomic E-state index is 0.0981. The molecule has 0 heterocycles. The maximum absolute atomic E-state index is 9.09. The van der Waals surface area contributed by atoms with Crippen molar-refractivity contribution in [1.29, 1.82) is 0 Å². The summed E-state index contributed by atoms with van der Waals surface area (Å²) in [4.78, 5) is 9.00. The van der Waals surface area contributed by atoms with Gasteiger partial charge in [0.05, 0.1) is 0 Å². The van der Waals surface area contributed by atoms with Crippen molar-refractivity contribution in [2.24, 2.45) is 11.3 Å². The van der Waals surface area contributed by atoms with Crippen molar-refractivity contribution in [3.63, 3.8) is 0 Å². The van der Waals surface area contributed by atoms with Gasteiger partial charge in [0.15, 0.2) is 0 Å². The molecule has 1 aliphatic carbocycles. The molecular weight excluding hydrogens is 227 g/mol. The second kappa shape index (κ2) is 7.78. The first-order chi connectivity index (χ1) is 7.69. The fraction of sp³-hybridized carbons (Fsp3) is 0.923. The summed E-state index contributed by atoms with van der Waals surface area (Å²) in [6.07, 6.45) is 4.81. The molecule has 1 aliphatic rings. The van der Waals surface area contributed by atoms with Gasteiger partial charge in [-0.05, 0) is 0 Å². The molecule has 3 unspecified atom stereocenters. The summed E-state index contributed by atoms with van der Waals surface area (Å²) in [5, 5.41) is 16.5. The summed E-state index contributed by atoms with van der Waals surface area (Å²) in [7, 11) is 0. The first-order valence-corrected chi connectivity index (χ1v) is 7.72. The molecule has 3 nitrogen and oxygen atoms in total. The van der Waals surface area contributed by atoms with Crippen LogP contribution < -0.4 is 0 Å². The number of hydrogen-bond donors (Lipinski definition) is 2. The van der Waals surface area contributed by atoms with Gasteiger partial charge in [0.2, 0.25) is 0 Å². The second-order valence-corrected chi connectivity index (χ2v) is 7.11. The Morgan fingerprint density at radius 2 is 1.82 bits per heavy atom. The fourth-order valence-electron chi connectivity index (χ4n) is 2.44. The number of carboxylic acid groups (broad SMARTS) is 1. The van der Waals surface area contributed by atoms with E-state index in [-0.39, 0.29) is 6.10 Å². The van der Waals surface area contributed by atoms with Crippen LogP contribution in [0.5, 0.6) is 0 Å². The molecule has 0 aromatic heterocycles. The van der Waals surface area contributed by atoms with Gasteiger partial charge in [-0.2, -0.15) is 0 Å². The van der Waals surface area contributed by atoms with Crippen LogP contribution >= 0.6 is 0 Å². The van der Waals surface area contributed by atoms with Crippen LogP contribution in [-0.4, -0.2) is 50.2 Å². The van der Waals surface area contributed by atoms with Crippen molar-refractivity contribution in [3.8, 4) is 0 Å². The molecule has 0 aliphatic heterocycles. The van der Waals surface area contributed by atoms with E-state index < -0.39 is 5.97 Å². The van der Waals surface area contributed by atoms with Crippen molar-refractivity contribution in [1.82, 2.24) is 0 Å². The summed E-state index contributed by atoms with van der Waals surface area (Å²) in [5.74, 6) is 0.174. The first-order valence-electron chi connectivity index (χ1n) is 6.57. The third kappa shape index (κ3) is 7.45. The fourth-order valence-corrected chi connectivity index (χ4v) is 3.87. The molecule has 4 heteroatoms. The molecule has 0 saturated heterocycles. The SMILES string of the molecule is CC(=O)O.CC(O)CCCCC1[CH]([Na])C1(C)C. The Kier molecular flexibility index (Phi) is 7.97. The standard InChI is InChI=1S/C11H21O.C2H4O2.Na/c1-9(12)6-4-5-7-10-8-11(10,2)3;1-2(3)4;/h8-10,12H,4-7H2,1-3H3;1H3,(H,3,4);. The van der Waals surface area contributed by atoms with Crippen LogP contribution in [0.4, 0.5) is 0 Å². The number of carboxylic acids is 1. The molecular formula is C13H25NaO3. The van der Waals surface area contributed by atoms with Crippen molar-refractivity contribution in [2.45, 2.75) is 62.6 Å². The molecule has 0 bridgehead atoms. The number of aliphatic carboxylic acids is 1. The van der Waals surface area contributed by atoms with Crippen LogP contribution in [0.25, 0.3) is 0 Å². The summed E-state index contributed by atoms with van der Waals surface area (Å²) < 4.78 is 1.05. The van der Waals surface area contributed by atoms with E-state index in [1.807, 2.05) is 6.92 Å². The number of aliphatic hydroxyl groups is 1. The van der Waals surface area contributed by atoms with Gasteiger partial charge in [0.25, 0.3) is 5.97 Å². The van der Waals surface area contributed by atoms with E-state index in [9.17, 15) is 0 Å². The van der Waals surface area contributed by atoms with Crippen molar-refractivity contribution < 1.29 is 15.0 Å². The Bertz CT molecular complexity index is 235. The summed E-state index contributed by atoms with van der Waals surface area (Å²) >= 11 is 1.37. The van der Waals surface area contributed by atoms with Crippen LogP contribution in [0.1, 0.15) is 53.4 Å². The van der Waals surface area contributed by atoms with Gasteiger partial charge in [-0.15, -0.1) is 0 Å². The molecule has 1 fully saturated rings. The average Bonchev–Trinajstić information content (AvgIpc) is 2.60. The van der Waals surface area contributed by atoms with E-state index in [1.165, 1.54) is 47.2 Å². The molecule has 96 valence electrons. The molecule has 0 spiro atoms. The third-order valence-electron chi connectivity index (χ3n) is 4.01. The van der Waals surface area contributed by atoms with Crippen molar-refractivity contribution in [3.05, 3.63) is 0 Å². The molecule has 1 rings (SSSR count). The number of carbonyl (C=O) groups is 1. The topological polar surface area (TPSA) is 57.5 Å². The van der Waals surface area contributed by atoms with Gasteiger partial charge in [-0.25, -0.2) is 0 Å². The summed E-state index contributed by atoms with van der Waals surface area (Å²) in [6.45, 7) is 7.78.